The maximum absolute atomic E-state index is 10.3. The van der Waals surface area contributed by atoms with Gasteiger partial charge in [0.05, 0.1) is 29.7 Å². The molecule has 2 saturated heterocycles. The van der Waals surface area contributed by atoms with Gasteiger partial charge in [-0.05, 0) is 31.6 Å². The fourth-order valence-electron chi connectivity index (χ4n) is 6.15. The molecule has 2 heterocycles. The van der Waals surface area contributed by atoms with E-state index >= 15 is 0 Å². The average molecular weight is 352 g/mol. The Balaban J connectivity index is 1.90. The maximum Gasteiger partial charge on any atom is 0.209 e. The molecule has 4 rings (SSSR count). The molecule has 0 radical (unpaired) electrons. The molecule has 0 aromatic rings. The zero-order valence-corrected chi connectivity index (χ0v) is 15.0. The molecule has 2 bridgehead atoms. The van der Waals surface area contributed by atoms with E-state index in [2.05, 4.69) is 18.2 Å². The van der Waals surface area contributed by atoms with Crippen LogP contribution in [0.4, 0.5) is 0 Å². The highest BCUT2D eigenvalue weighted by Crippen LogP contribution is 2.70. The van der Waals surface area contributed by atoms with Crippen LogP contribution in [-0.4, -0.2) is 18.3 Å². The van der Waals surface area contributed by atoms with Crippen LogP contribution in [0.5, 0.6) is 0 Å². The molecule has 3 atom stereocenters. The van der Waals surface area contributed by atoms with Crippen LogP contribution < -0.4 is 0 Å². The fraction of sp³-hybridized carbons (Fsp3) is 0.800. The number of nitrogens with one attached hydrogen (secondary N) is 1. The summed E-state index contributed by atoms with van der Waals surface area (Å²) in [6.07, 6.45) is 7.87. The summed E-state index contributed by atoms with van der Waals surface area (Å²) in [4.78, 5) is 0. The maximum atomic E-state index is 10.3. The molecule has 4 aliphatic rings. The lowest BCUT2D eigenvalue weighted by atomic mass is 9.45. The van der Waals surface area contributed by atoms with Gasteiger partial charge in [0.2, 0.25) is 12.2 Å². The zero-order chi connectivity index (χ0) is 18.4. The standard InChI is InChI=1S/C20H24N4O2/c21-11-19(12-22)15(14-7-3-1-4-8-14)25-17-18(9-5-2-6-10-18)20(19,13-23)16(24)26-17/h14-15,17,24H,1-10H2. The highest BCUT2D eigenvalue weighted by Gasteiger charge is 2.82. The SMILES string of the molecule is N#CC1(C#N)C(C2CCCCC2)OC2OC(=N)C1(C#N)C21CCCCC1. The van der Waals surface area contributed by atoms with E-state index in [9.17, 15) is 15.8 Å². The minimum absolute atomic E-state index is 0.0636. The van der Waals surface area contributed by atoms with Crippen molar-refractivity contribution in [3.63, 3.8) is 0 Å². The van der Waals surface area contributed by atoms with Gasteiger partial charge < -0.3 is 9.47 Å². The van der Waals surface area contributed by atoms with Gasteiger partial charge in [-0.15, -0.1) is 0 Å². The van der Waals surface area contributed by atoms with Crippen LogP contribution in [0.3, 0.4) is 0 Å². The van der Waals surface area contributed by atoms with Gasteiger partial charge in [0.1, 0.15) is 0 Å². The van der Waals surface area contributed by atoms with Gasteiger partial charge in [-0.3, -0.25) is 5.41 Å². The molecule has 136 valence electrons. The smallest absolute Gasteiger partial charge is 0.209 e. The van der Waals surface area contributed by atoms with Crippen molar-refractivity contribution in [1.29, 1.82) is 21.2 Å². The van der Waals surface area contributed by atoms with Gasteiger partial charge in [-0.1, -0.05) is 38.5 Å². The summed E-state index contributed by atoms with van der Waals surface area (Å²) in [5, 5.41) is 39.3. The molecule has 6 nitrogen and oxygen atoms in total. The largest absolute Gasteiger partial charge is 0.450 e. The molecule has 2 saturated carbocycles. The Morgan fingerprint density at radius 1 is 0.885 bits per heavy atom. The summed E-state index contributed by atoms with van der Waals surface area (Å²) in [5.41, 5.74) is -3.98. The molecule has 0 aromatic carbocycles. The molecule has 0 aromatic heterocycles. The van der Waals surface area contributed by atoms with Crippen LogP contribution in [0.25, 0.3) is 0 Å². The van der Waals surface area contributed by atoms with Crippen molar-refractivity contribution in [1.82, 2.24) is 0 Å². The predicted octanol–water partition coefficient (Wildman–Crippen LogP) is 3.79. The topological polar surface area (TPSA) is 114 Å². The summed E-state index contributed by atoms with van der Waals surface area (Å²) >= 11 is 0. The Morgan fingerprint density at radius 2 is 1.50 bits per heavy atom. The second kappa shape index (κ2) is 5.97. The first kappa shape index (κ1) is 17.3. The van der Waals surface area contributed by atoms with E-state index < -0.39 is 28.6 Å². The fourth-order valence-corrected chi connectivity index (χ4v) is 6.15. The molecule has 1 spiro atoms. The molecular formula is C20H24N4O2. The van der Waals surface area contributed by atoms with Crippen molar-refractivity contribution in [3.05, 3.63) is 0 Å². The van der Waals surface area contributed by atoms with E-state index in [1.165, 1.54) is 0 Å². The molecule has 2 aliphatic heterocycles. The highest BCUT2D eigenvalue weighted by molar-refractivity contribution is 5.89. The molecule has 4 fully saturated rings. The summed E-state index contributed by atoms with van der Waals surface area (Å²) in [5.74, 6) is -0.165. The van der Waals surface area contributed by atoms with Crippen LogP contribution in [-0.2, 0) is 9.47 Å². The third-order valence-corrected chi connectivity index (χ3v) is 7.40. The monoisotopic (exact) mass is 352 g/mol. The van der Waals surface area contributed by atoms with E-state index in [-0.39, 0.29) is 11.8 Å². The van der Waals surface area contributed by atoms with E-state index in [1.54, 1.807) is 0 Å². The van der Waals surface area contributed by atoms with Gasteiger partial charge in [-0.2, -0.15) is 15.8 Å². The third kappa shape index (κ3) is 1.80. The molecule has 6 heteroatoms. The van der Waals surface area contributed by atoms with Crippen LogP contribution in [0.2, 0.25) is 0 Å². The molecule has 3 unspecified atom stereocenters. The minimum Gasteiger partial charge on any atom is -0.450 e. The van der Waals surface area contributed by atoms with Gasteiger partial charge in [0, 0.05) is 0 Å². The Morgan fingerprint density at radius 3 is 2.08 bits per heavy atom. The molecular weight excluding hydrogens is 328 g/mol. The lowest BCUT2D eigenvalue weighted by Gasteiger charge is -2.55. The van der Waals surface area contributed by atoms with Crippen molar-refractivity contribution in [3.8, 4) is 18.2 Å². The molecule has 1 N–H and O–H groups in total. The van der Waals surface area contributed by atoms with Gasteiger partial charge in [0.15, 0.2) is 10.8 Å². The van der Waals surface area contributed by atoms with Crippen molar-refractivity contribution < 1.29 is 9.47 Å². The molecule has 26 heavy (non-hydrogen) atoms. The summed E-state index contributed by atoms with van der Waals surface area (Å²) in [7, 11) is 0. The lowest BCUT2D eigenvalue weighted by Crippen LogP contribution is -2.66. The van der Waals surface area contributed by atoms with E-state index in [4.69, 9.17) is 14.9 Å². The summed E-state index contributed by atoms with van der Waals surface area (Å²) in [6.45, 7) is 0. The van der Waals surface area contributed by atoms with Crippen LogP contribution in [0.15, 0.2) is 0 Å². The number of rotatable bonds is 1. The van der Waals surface area contributed by atoms with Crippen LogP contribution in [0.1, 0.15) is 64.2 Å². The quantitative estimate of drug-likeness (QED) is 0.771. The Kier molecular flexibility index (Phi) is 3.98. The van der Waals surface area contributed by atoms with E-state index in [0.717, 1.165) is 51.4 Å². The lowest BCUT2D eigenvalue weighted by molar-refractivity contribution is -0.264. The van der Waals surface area contributed by atoms with Crippen molar-refractivity contribution in [2.75, 3.05) is 0 Å². The summed E-state index contributed by atoms with van der Waals surface area (Å²) < 4.78 is 12.1. The van der Waals surface area contributed by atoms with Crippen molar-refractivity contribution >= 4 is 5.90 Å². The van der Waals surface area contributed by atoms with E-state index in [1.807, 2.05) is 0 Å². The van der Waals surface area contributed by atoms with Crippen molar-refractivity contribution in [2.24, 2.45) is 22.2 Å². The first-order valence-electron chi connectivity index (χ1n) is 9.77. The average Bonchev–Trinajstić information content (AvgIpc) is 2.84. The number of nitrogens with zero attached hydrogens (tertiary/aromatic N) is 3. The van der Waals surface area contributed by atoms with Gasteiger partial charge >= 0.3 is 0 Å². The normalized spacial score (nSPS) is 38.0. The minimum atomic E-state index is -1.69. The zero-order valence-electron chi connectivity index (χ0n) is 15.0. The van der Waals surface area contributed by atoms with Crippen LogP contribution in [0, 0.1) is 61.6 Å². The predicted molar refractivity (Wildman–Crippen MR) is 91.3 cm³/mol. The van der Waals surface area contributed by atoms with E-state index in [0.29, 0.717) is 12.8 Å². The molecule has 0 amide bonds. The Labute approximate surface area is 154 Å². The first-order valence-corrected chi connectivity index (χ1v) is 9.77. The van der Waals surface area contributed by atoms with Crippen LogP contribution >= 0.6 is 0 Å². The number of hydrogen-bond donors (Lipinski definition) is 1. The highest BCUT2D eigenvalue weighted by atomic mass is 16.7. The number of hydrogen-bond acceptors (Lipinski definition) is 6. The first-order chi connectivity index (χ1) is 12.6. The van der Waals surface area contributed by atoms with Gasteiger partial charge in [-0.25, -0.2) is 0 Å². The second-order valence-corrected chi connectivity index (χ2v) is 8.34. The Bertz CT molecular complexity index is 716. The summed E-state index contributed by atoms with van der Waals surface area (Å²) in [6, 6.07) is 6.72. The van der Waals surface area contributed by atoms with Gasteiger partial charge in [0.25, 0.3) is 0 Å². The second-order valence-electron chi connectivity index (χ2n) is 8.34. The van der Waals surface area contributed by atoms with Crippen molar-refractivity contribution in [2.45, 2.75) is 76.6 Å². The number of nitriles is 3. The molecule has 2 aliphatic carbocycles. The number of ether oxygens (including phenoxy) is 2. The third-order valence-electron chi connectivity index (χ3n) is 7.40. The Hall–Kier alpha value is -2.10.